The van der Waals surface area contributed by atoms with Gasteiger partial charge >= 0.3 is 0 Å². The number of carbonyl (C=O) groups excluding carboxylic acids is 1. The second-order valence-electron chi connectivity index (χ2n) is 5.05. The van der Waals surface area contributed by atoms with E-state index in [1.54, 1.807) is 0 Å². The molecule has 0 aliphatic carbocycles. The fourth-order valence-electron chi connectivity index (χ4n) is 2.01. The van der Waals surface area contributed by atoms with Crippen molar-refractivity contribution in [1.82, 2.24) is 4.98 Å². The predicted molar refractivity (Wildman–Crippen MR) is 92.9 cm³/mol. The smallest absolute Gasteiger partial charge is 0.264 e. The molecule has 3 rings (SSSR count). The van der Waals surface area contributed by atoms with Crippen LogP contribution in [0, 0.1) is 6.92 Å². The molecular weight excluding hydrogens is 308 g/mol. The standard InChI is InChI=1S/C18H16N2O2S/c1-13-7-9-15(10-8-13)22-11-17(21)20-18-19-16(12-23-18)14-5-3-2-4-6-14/h2-10,12H,11H2,1H3,(H,19,20,21). The maximum atomic E-state index is 11.9. The van der Waals surface area contributed by atoms with Gasteiger partial charge in [0.05, 0.1) is 5.69 Å². The van der Waals surface area contributed by atoms with E-state index in [0.29, 0.717) is 10.9 Å². The summed E-state index contributed by atoms with van der Waals surface area (Å²) in [6.07, 6.45) is 0. The number of carbonyl (C=O) groups is 1. The number of amides is 1. The van der Waals surface area contributed by atoms with E-state index in [-0.39, 0.29) is 12.5 Å². The quantitative estimate of drug-likeness (QED) is 0.767. The van der Waals surface area contributed by atoms with Crippen LogP contribution in [0.4, 0.5) is 5.13 Å². The van der Waals surface area contributed by atoms with Crippen molar-refractivity contribution in [2.24, 2.45) is 0 Å². The van der Waals surface area contributed by atoms with Crippen molar-refractivity contribution in [3.05, 3.63) is 65.5 Å². The molecule has 0 unspecified atom stereocenters. The van der Waals surface area contributed by atoms with Gasteiger partial charge in [-0.2, -0.15) is 0 Å². The molecular formula is C18H16N2O2S. The van der Waals surface area contributed by atoms with Gasteiger partial charge in [0.1, 0.15) is 5.75 Å². The molecule has 0 fully saturated rings. The highest BCUT2D eigenvalue weighted by Gasteiger charge is 2.08. The fourth-order valence-corrected chi connectivity index (χ4v) is 2.75. The molecule has 0 aliphatic heterocycles. The first-order valence-electron chi connectivity index (χ1n) is 7.21. The third-order valence-electron chi connectivity index (χ3n) is 3.21. The third kappa shape index (κ3) is 4.17. The lowest BCUT2D eigenvalue weighted by Gasteiger charge is -2.05. The molecule has 0 bridgehead atoms. The lowest BCUT2D eigenvalue weighted by Crippen LogP contribution is -2.20. The Hall–Kier alpha value is -2.66. The molecule has 2 aromatic carbocycles. The Morgan fingerprint density at radius 2 is 1.87 bits per heavy atom. The van der Waals surface area contributed by atoms with Crippen LogP contribution < -0.4 is 10.1 Å². The Bertz CT molecular complexity index is 782. The number of thiazole rings is 1. The minimum atomic E-state index is -0.223. The first-order valence-corrected chi connectivity index (χ1v) is 8.09. The Balaban J connectivity index is 1.56. The van der Waals surface area contributed by atoms with Crippen LogP contribution in [0.25, 0.3) is 11.3 Å². The molecule has 3 aromatic rings. The van der Waals surface area contributed by atoms with E-state index < -0.39 is 0 Å². The predicted octanol–water partition coefficient (Wildman–Crippen LogP) is 4.14. The summed E-state index contributed by atoms with van der Waals surface area (Å²) < 4.78 is 5.45. The van der Waals surface area contributed by atoms with E-state index in [0.717, 1.165) is 16.8 Å². The van der Waals surface area contributed by atoms with Gasteiger partial charge in [0, 0.05) is 10.9 Å². The maximum absolute atomic E-state index is 11.9. The summed E-state index contributed by atoms with van der Waals surface area (Å²) in [7, 11) is 0. The number of nitrogens with zero attached hydrogens (tertiary/aromatic N) is 1. The summed E-state index contributed by atoms with van der Waals surface area (Å²) in [6, 6.07) is 17.4. The molecule has 0 saturated carbocycles. The first-order chi connectivity index (χ1) is 11.2. The van der Waals surface area contributed by atoms with E-state index in [9.17, 15) is 4.79 Å². The second kappa shape index (κ2) is 7.07. The zero-order chi connectivity index (χ0) is 16.1. The van der Waals surface area contributed by atoms with Crippen LogP contribution >= 0.6 is 11.3 Å². The summed E-state index contributed by atoms with van der Waals surface area (Å²) >= 11 is 1.40. The van der Waals surface area contributed by atoms with Gasteiger partial charge in [-0.3, -0.25) is 10.1 Å². The number of aromatic nitrogens is 1. The topological polar surface area (TPSA) is 51.2 Å². The van der Waals surface area contributed by atoms with Crippen LogP contribution in [-0.4, -0.2) is 17.5 Å². The maximum Gasteiger partial charge on any atom is 0.264 e. The highest BCUT2D eigenvalue weighted by molar-refractivity contribution is 7.14. The summed E-state index contributed by atoms with van der Waals surface area (Å²) in [4.78, 5) is 16.3. The number of anilines is 1. The summed E-state index contributed by atoms with van der Waals surface area (Å²) in [5.41, 5.74) is 3.03. The average molecular weight is 324 g/mol. The number of benzene rings is 2. The van der Waals surface area contributed by atoms with Gasteiger partial charge < -0.3 is 4.74 Å². The number of aryl methyl sites for hydroxylation is 1. The third-order valence-corrected chi connectivity index (χ3v) is 3.97. The molecule has 0 spiro atoms. The molecule has 116 valence electrons. The van der Waals surface area contributed by atoms with E-state index in [1.165, 1.54) is 11.3 Å². The van der Waals surface area contributed by atoms with E-state index in [1.807, 2.05) is 66.9 Å². The number of hydrogen-bond donors (Lipinski definition) is 1. The molecule has 0 radical (unpaired) electrons. The molecule has 1 N–H and O–H groups in total. The largest absolute Gasteiger partial charge is 0.484 e. The van der Waals surface area contributed by atoms with Crippen LogP contribution in [-0.2, 0) is 4.79 Å². The molecule has 1 aromatic heterocycles. The number of ether oxygens (including phenoxy) is 1. The van der Waals surface area contributed by atoms with Gasteiger partial charge in [0.2, 0.25) is 0 Å². The van der Waals surface area contributed by atoms with Gasteiger partial charge in [-0.15, -0.1) is 11.3 Å². The van der Waals surface area contributed by atoms with E-state index in [2.05, 4.69) is 10.3 Å². The van der Waals surface area contributed by atoms with Gasteiger partial charge in [-0.05, 0) is 19.1 Å². The van der Waals surface area contributed by atoms with Crippen molar-refractivity contribution < 1.29 is 9.53 Å². The normalized spacial score (nSPS) is 10.3. The monoisotopic (exact) mass is 324 g/mol. The van der Waals surface area contributed by atoms with Crippen molar-refractivity contribution in [2.75, 3.05) is 11.9 Å². The van der Waals surface area contributed by atoms with Crippen LogP contribution in [0.3, 0.4) is 0 Å². The van der Waals surface area contributed by atoms with Gasteiger partial charge in [0.15, 0.2) is 11.7 Å². The molecule has 0 atom stereocenters. The van der Waals surface area contributed by atoms with Gasteiger partial charge in [0.25, 0.3) is 5.91 Å². The van der Waals surface area contributed by atoms with Crippen LogP contribution in [0.15, 0.2) is 60.0 Å². The SMILES string of the molecule is Cc1ccc(OCC(=O)Nc2nc(-c3ccccc3)cs2)cc1. The van der Waals surface area contributed by atoms with Crippen molar-refractivity contribution in [1.29, 1.82) is 0 Å². The lowest BCUT2D eigenvalue weighted by atomic mass is 10.2. The molecule has 0 saturated heterocycles. The lowest BCUT2D eigenvalue weighted by molar-refractivity contribution is -0.118. The molecule has 0 aliphatic rings. The zero-order valence-electron chi connectivity index (χ0n) is 12.7. The fraction of sp³-hybridized carbons (Fsp3) is 0.111. The average Bonchev–Trinajstić information content (AvgIpc) is 3.04. The summed E-state index contributed by atoms with van der Waals surface area (Å²) in [5.74, 6) is 0.453. The van der Waals surface area contributed by atoms with Gasteiger partial charge in [-0.1, -0.05) is 48.0 Å². The Morgan fingerprint density at radius 3 is 2.61 bits per heavy atom. The summed E-state index contributed by atoms with van der Waals surface area (Å²) in [5, 5.41) is 5.25. The van der Waals surface area contributed by atoms with E-state index >= 15 is 0 Å². The molecule has 23 heavy (non-hydrogen) atoms. The Kier molecular flexibility index (Phi) is 4.68. The minimum Gasteiger partial charge on any atom is -0.484 e. The second-order valence-corrected chi connectivity index (χ2v) is 5.91. The first kappa shape index (κ1) is 15.2. The van der Waals surface area contributed by atoms with Crippen LogP contribution in [0.5, 0.6) is 5.75 Å². The highest BCUT2D eigenvalue weighted by Crippen LogP contribution is 2.24. The molecule has 4 nitrogen and oxygen atoms in total. The number of nitrogens with one attached hydrogen (secondary N) is 1. The van der Waals surface area contributed by atoms with Crippen molar-refractivity contribution in [3.8, 4) is 17.0 Å². The minimum absolute atomic E-state index is 0.0384. The molecule has 5 heteroatoms. The van der Waals surface area contributed by atoms with Crippen LogP contribution in [0.1, 0.15) is 5.56 Å². The van der Waals surface area contributed by atoms with Crippen LogP contribution in [0.2, 0.25) is 0 Å². The van der Waals surface area contributed by atoms with Crippen molar-refractivity contribution in [3.63, 3.8) is 0 Å². The highest BCUT2D eigenvalue weighted by atomic mass is 32.1. The molecule has 1 amide bonds. The summed E-state index contributed by atoms with van der Waals surface area (Å²) in [6.45, 7) is 1.96. The van der Waals surface area contributed by atoms with Crippen molar-refractivity contribution >= 4 is 22.4 Å². The zero-order valence-corrected chi connectivity index (χ0v) is 13.5. The van der Waals surface area contributed by atoms with Crippen molar-refractivity contribution in [2.45, 2.75) is 6.92 Å². The Labute approximate surface area is 138 Å². The Morgan fingerprint density at radius 1 is 1.13 bits per heavy atom. The number of rotatable bonds is 5. The van der Waals surface area contributed by atoms with E-state index in [4.69, 9.17) is 4.74 Å². The number of hydrogen-bond acceptors (Lipinski definition) is 4. The van der Waals surface area contributed by atoms with Gasteiger partial charge in [-0.25, -0.2) is 4.98 Å². The molecule has 1 heterocycles.